The minimum atomic E-state index is -0.360. The van der Waals surface area contributed by atoms with E-state index in [2.05, 4.69) is 9.97 Å². The van der Waals surface area contributed by atoms with Crippen LogP contribution in [0.1, 0.15) is 17.3 Å². The van der Waals surface area contributed by atoms with Crippen LogP contribution in [-0.2, 0) is 0 Å². The Hall–Kier alpha value is -1.97. The van der Waals surface area contributed by atoms with Gasteiger partial charge in [-0.05, 0) is 29.1 Å². The molecule has 1 aromatic carbocycles. The molecule has 0 aliphatic rings. The first-order chi connectivity index (χ1) is 9.27. The fourth-order valence-corrected chi connectivity index (χ4v) is 2.42. The van der Waals surface area contributed by atoms with Gasteiger partial charge in [-0.2, -0.15) is 0 Å². The molecule has 0 amide bonds. The van der Waals surface area contributed by atoms with E-state index in [4.69, 9.17) is 17.3 Å². The van der Waals surface area contributed by atoms with Crippen molar-refractivity contribution in [2.75, 3.05) is 0 Å². The Kier molecular flexibility index (Phi) is 3.15. The molecule has 0 fully saturated rings. The summed E-state index contributed by atoms with van der Waals surface area (Å²) < 4.78 is 0. The standard InChI is InChI=1S/C15H12ClN3/c16-13-5-2-7-19-15(13)14(17)11-4-1-3-10-6-8-18-9-12(10)11/h1-9,14H,17H2. The van der Waals surface area contributed by atoms with Crippen molar-refractivity contribution in [1.82, 2.24) is 9.97 Å². The van der Waals surface area contributed by atoms with Gasteiger partial charge in [0.2, 0.25) is 0 Å². The zero-order valence-corrected chi connectivity index (χ0v) is 10.9. The molecular formula is C15H12ClN3. The van der Waals surface area contributed by atoms with E-state index < -0.39 is 0 Å². The molecule has 3 aromatic rings. The van der Waals surface area contributed by atoms with Gasteiger partial charge in [-0.1, -0.05) is 29.8 Å². The van der Waals surface area contributed by atoms with Crippen LogP contribution in [0.2, 0.25) is 5.02 Å². The molecule has 0 saturated heterocycles. The number of rotatable bonds is 2. The molecule has 3 nitrogen and oxygen atoms in total. The topological polar surface area (TPSA) is 51.8 Å². The number of hydrogen-bond acceptors (Lipinski definition) is 3. The van der Waals surface area contributed by atoms with Crippen molar-refractivity contribution in [1.29, 1.82) is 0 Å². The van der Waals surface area contributed by atoms with Gasteiger partial charge in [-0.15, -0.1) is 0 Å². The summed E-state index contributed by atoms with van der Waals surface area (Å²) >= 11 is 6.16. The summed E-state index contributed by atoms with van der Waals surface area (Å²) in [4.78, 5) is 8.45. The zero-order valence-electron chi connectivity index (χ0n) is 10.1. The maximum absolute atomic E-state index is 6.31. The van der Waals surface area contributed by atoms with Gasteiger partial charge in [0.25, 0.3) is 0 Å². The molecule has 1 unspecified atom stereocenters. The molecule has 4 heteroatoms. The van der Waals surface area contributed by atoms with Crippen molar-refractivity contribution < 1.29 is 0 Å². The third kappa shape index (κ3) is 2.18. The fourth-order valence-electron chi connectivity index (χ4n) is 2.18. The minimum Gasteiger partial charge on any atom is -0.319 e. The number of hydrogen-bond donors (Lipinski definition) is 1. The Bertz CT molecular complexity index is 722. The van der Waals surface area contributed by atoms with Gasteiger partial charge in [0.15, 0.2) is 0 Å². The summed E-state index contributed by atoms with van der Waals surface area (Å²) in [5.74, 6) is 0. The van der Waals surface area contributed by atoms with Gasteiger partial charge in [0.05, 0.1) is 16.8 Å². The SMILES string of the molecule is NC(c1ncccc1Cl)c1cccc2ccncc12. The van der Waals surface area contributed by atoms with Gasteiger partial charge >= 0.3 is 0 Å². The van der Waals surface area contributed by atoms with Gasteiger partial charge in [-0.3, -0.25) is 9.97 Å². The van der Waals surface area contributed by atoms with Crippen LogP contribution in [0.15, 0.2) is 55.0 Å². The lowest BCUT2D eigenvalue weighted by Crippen LogP contribution is -2.14. The molecule has 2 aromatic heterocycles. The summed E-state index contributed by atoms with van der Waals surface area (Å²) in [5.41, 5.74) is 7.97. The van der Waals surface area contributed by atoms with Gasteiger partial charge in [0, 0.05) is 24.0 Å². The Morgan fingerprint density at radius 2 is 1.95 bits per heavy atom. The van der Waals surface area contributed by atoms with Crippen LogP contribution >= 0.6 is 11.6 Å². The summed E-state index contributed by atoms with van der Waals surface area (Å²) in [5, 5.41) is 2.71. The van der Waals surface area contributed by atoms with Crippen LogP contribution in [0.25, 0.3) is 10.8 Å². The molecule has 19 heavy (non-hydrogen) atoms. The highest BCUT2D eigenvalue weighted by atomic mass is 35.5. The maximum atomic E-state index is 6.31. The third-order valence-corrected chi connectivity index (χ3v) is 3.45. The zero-order chi connectivity index (χ0) is 13.2. The van der Waals surface area contributed by atoms with Crippen molar-refractivity contribution in [3.8, 4) is 0 Å². The molecule has 2 N–H and O–H groups in total. The number of benzene rings is 1. The molecular weight excluding hydrogens is 258 g/mol. The minimum absolute atomic E-state index is 0.360. The first kappa shape index (κ1) is 12.1. The molecule has 1 atom stereocenters. The predicted octanol–water partition coefficient (Wildman–Crippen LogP) is 3.33. The number of nitrogens with zero attached hydrogens (tertiary/aromatic N) is 2. The highest BCUT2D eigenvalue weighted by Gasteiger charge is 2.15. The second-order valence-electron chi connectivity index (χ2n) is 4.29. The Labute approximate surface area is 116 Å². The normalized spacial score (nSPS) is 12.5. The monoisotopic (exact) mass is 269 g/mol. The van der Waals surface area contributed by atoms with E-state index >= 15 is 0 Å². The highest BCUT2D eigenvalue weighted by molar-refractivity contribution is 6.31. The fraction of sp³-hybridized carbons (Fsp3) is 0.0667. The first-order valence-corrected chi connectivity index (χ1v) is 6.34. The van der Waals surface area contributed by atoms with E-state index in [0.29, 0.717) is 10.7 Å². The van der Waals surface area contributed by atoms with Crippen LogP contribution in [-0.4, -0.2) is 9.97 Å². The third-order valence-electron chi connectivity index (χ3n) is 3.13. The smallest absolute Gasteiger partial charge is 0.0802 e. The maximum Gasteiger partial charge on any atom is 0.0802 e. The molecule has 3 rings (SSSR count). The second kappa shape index (κ2) is 4.96. The van der Waals surface area contributed by atoms with Crippen molar-refractivity contribution in [2.24, 2.45) is 5.73 Å². The Balaban J connectivity index is 2.17. The number of pyridine rings is 2. The second-order valence-corrected chi connectivity index (χ2v) is 4.70. The van der Waals surface area contributed by atoms with E-state index in [1.165, 1.54) is 0 Å². The molecule has 0 saturated carbocycles. The number of nitrogens with two attached hydrogens (primary N) is 1. The quantitative estimate of drug-likeness (QED) is 0.776. The average Bonchev–Trinajstić information content (AvgIpc) is 2.46. The van der Waals surface area contributed by atoms with Crippen LogP contribution in [0, 0.1) is 0 Å². The largest absolute Gasteiger partial charge is 0.319 e. The predicted molar refractivity (Wildman–Crippen MR) is 77.0 cm³/mol. The van der Waals surface area contributed by atoms with Gasteiger partial charge in [0.1, 0.15) is 0 Å². The molecule has 0 bridgehead atoms. The molecule has 0 aliphatic heterocycles. The summed E-state index contributed by atoms with van der Waals surface area (Å²) in [6, 6.07) is 11.2. The number of halogens is 1. The van der Waals surface area contributed by atoms with E-state index in [9.17, 15) is 0 Å². The van der Waals surface area contributed by atoms with Gasteiger partial charge < -0.3 is 5.73 Å². The van der Waals surface area contributed by atoms with Crippen LogP contribution < -0.4 is 5.73 Å². The van der Waals surface area contributed by atoms with Crippen LogP contribution in [0.3, 0.4) is 0 Å². The van der Waals surface area contributed by atoms with E-state index in [-0.39, 0.29) is 6.04 Å². The number of aromatic nitrogens is 2. The summed E-state index contributed by atoms with van der Waals surface area (Å²) in [6.07, 6.45) is 5.29. The molecule has 0 radical (unpaired) electrons. The van der Waals surface area contributed by atoms with Gasteiger partial charge in [-0.25, -0.2) is 0 Å². The molecule has 94 valence electrons. The number of fused-ring (bicyclic) bond motifs is 1. The van der Waals surface area contributed by atoms with Crippen molar-refractivity contribution in [3.05, 3.63) is 71.3 Å². The van der Waals surface area contributed by atoms with Crippen molar-refractivity contribution in [3.63, 3.8) is 0 Å². The summed E-state index contributed by atoms with van der Waals surface area (Å²) in [6.45, 7) is 0. The first-order valence-electron chi connectivity index (χ1n) is 5.96. The van der Waals surface area contributed by atoms with Crippen LogP contribution in [0.5, 0.6) is 0 Å². The lowest BCUT2D eigenvalue weighted by atomic mass is 9.98. The average molecular weight is 270 g/mol. The van der Waals surface area contributed by atoms with Crippen molar-refractivity contribution >= 4 is 22.4 Å². The van der Waals surface area contributed by atoms with E-state index in [1.807, 2.05) is 30.5 Å². The lowest BCUT2D eigenvalue weighted by molar-refractivity contribution is 0.836. The van der Waals surface area contributed by atoms with E-state index in [1.54, 1.807) is 24.5 Å². The lowest BCUT2D eigenvalue weighted by Gasteiger charge is -2.15. The summed E-state index contributed by atoms with van der Waals surface area (Å²) in [7, 11) is 0. The highest BCUT2D eigenvalue weighted by Crippen LogP contribution is 2.28. The van der Waals surface area contributed by atoms with Crippen molar-refractivity contribution in [2.45, 2.75) is 6.04 Å². The van der Waals surface area contributed by atoms with Crippen LogP contribution in [0.4, 0.5) is 0 Å². The van der Waals surface area contributed by atoms with E-state index in [0.717, 1.165) is 16.3 Å². The Morgan fingerprint density at radius 1 is 1.05 bits per heavy atom. The molecule has 0 aliphatic carbocycles. The molecule has 0 spiro atoms. The Morgan fingerprint density at radius 3 is 2.79 bits per heavy atom. The molecule has 2 heterocycles.